The molecule has 0 aliphatic heterocycles. The van der Waals surface area contributed by atoms with E-state index in [1.165, 1.54) is 11.3 Å². The summed E-state index contributed by atoms with van der Waals surface area (Å²) in [6.07, 6.45) is 0. The van der Waals surface area contributed by atoms with Crippen molar-refractivity contribution in [1.82, 2.24) is 15.3 Å². The number of benzene rings is 1. The first-order valence-corrected chi connectivity index (χ1v) is 7.74. The fourth-order valence-electron chi connectivity index (χ4n) is 1.98. The molecule has 3 aromatic rings. The van der Waals surface area contributed by atoms with Crippen molar-refractivity contribution >= 4 is 17.2 Å². The summed E-state index contributed by atoms with van der Waals surface area (Å²) in [4.78, 5) is 20.1. The van der Waals surface area contributed by atoms with Crippen LogP contribution >= 0.6 is 11.3 Å². The Balaban J connectivity index is 1.85. The monoisotopic (exact) mass is 327 g/mol. The second-order valence-electron chi connectivity index (χ2n) is 4.75. The van der Waals surface area contributed by atoms with Crippen LogP contribution in [0, 0.1) is 0 Å². The zero-order valence-electron chi connectivity index (χ0n) is 11.9. The molecule has 0 spiro atoms. The van der Waals surface area contributed by atoms with E-state index >= 15 is 0 Å². The van der Waals surface area contributed by atoms with E-state index in [9.17, 15) is 15.0 Å². The number of hydrogen-bond acceptors (Lipinski definition) is 6. The van der Waals surface area contributed by atoms with E-state index in [1.807, 2.05) is 35.7 Å². The van der Waals surface area contributed by atoms with Crippen LogP contribution in [0.2, 0.25) is 0 Å². The number of amides is 1. The molecule has 6 nitrogen and oxygen atoms in total. The van der Waals surface area contributed by atoms with Gasteiger partial charge < -0.3 is 15.5 Å². The molecule has 0 saturated heterocycles. The third-order valence-corrected chi connectivity index (χ3v) is 3.84. The molecule has 0 aliphatic carbocycles. The topological polar surface area (TPSA) is 95.3 Å². The van der Waals surface area contributed by atoms with Crippen molar-refractivity contribution in [3.05, 3.63) is 58.4 Å². The van der Waals surface area contributed by atoms with E-state index in [-0.39, 0.29) is 18.1 Å². The second kappa shape index (κ2) is 6.45. The first-order valence-electron chi connectivity index (χ1n) is 6.80. The molecule has 23 heavy (non-hydrogen) atoms. The summed E-state index contributed by atoms with van der Waals surface area (Å²) >= 11 is 1.44. The first-order chi connectivity index (χ1) is 11.1. The molecule has 2 heterocycles. The lowest BCUT2D eigenvalue weighted by molar-refractivity contribution is 0.0942. The molecule has 2 aromatic heterocycles. The summed E-state index contributed by atoms with van der Waals surface area (Å²) in [5, 5.41) is 25.9. The molecule has 3 N–H and O–H groups in total. The molecule has 1 aromatic carbocycles. The Kier molecular flexibility index (Phi) is 4.20. The van der Waals surface area contributed by atoms with Gasteiger partial charge in [-0.05, 0) is 17.0 Å². The van der Waals surface area contributed by atoms with E-state index in [4.69, 9.17) is 0 Å². The first kappa shape index (κ1) is 15.0. The minimum atomic E-state index is -0.630. The number of aromatic hydroxyl groups is 2. The zero-order chi connectivity index (χ0) is 16.2. The second-order valence-corrected chi connectivity index (χ2v) is 5.53. The van der Waals surface area contributed by atoms with Crippen LogP contribution in [0.4, 0.5) is 0 Å². The number of aromatic nitrogens is 2. The number of nitrogens with zero attached hydrogens (tertiary/aromatic N) is 2. The number of nitrogens with one attached hydrogen (secondary N) is 1. The highest BCUT2D eigenvalue weighted by Crippen LogP contribution is 2.29. The highest BCUT2D eigenvalue weighted by molar-refractivity contribution is 7.08. The van der Waals surface area contributed by atoms with E-state index in [1.54, 1.807) is 11.4 Å². The SMILES string of the molecule is O=C(NCc1ccccc1)c1nc(-c2ccsc2)nc(O)c1O. The summed E-state index contributed by atoms with van der Waals surface area (Å²) in [5.74, 6) is -1.65. The van der Waals surface area contributed by atoms with Gasteiger partial charge in [0.1, 0.15) is 0 Å². The molecule has 0 aliphatic rings. The minimum absolute atomic E-state index is 0.186. The highest BCUT2D eigenvalue weighted by atomic mass is 32.1. The molecule has 116 valence electrons. The minimum Gasteiger partial charge on any atom is -0.501 e. The number of hydrogen-bond donors (Lipinski definition) is 3. The van der Waals surface area contributed by atoms with Crippen molar-refractivity contribution in [3.8, 4) is 23.0 Å². The van der Waals surface area contributed by atoms with E-state index in [0.29, 0.717) is 5.56 Å². The Hall–Kier alpha value is -2.93. The smallest absolute Gasteiger partial charge is 0.274 e. The van der Waals surface area contributed by atoms with Gasteiger partial charge in [-0.25, -0.2) is 4.98 Å². The van der Waals surface area contributed by atoms with Crippen LogP contribution in [0.25, 0.3) is 11.4 Å². The van der Waals surface area contributed by atoms with Crippen LogP contribution in [0.3, 0.4) is 0 Å². The van der Waals surface area contributed by atoms with Gasteiger partial charge in [-0.1, -0.05) is 30.3 Å². The Morgan fingerprint density at radius 1 is 1.13 bits per heavy atom. The largest absolute Gasteiger partial charge is 0.501 e. The summed E-state index contributed by atoms with van der Waals surface area (Å²) in [5.41, 5.74) is 1.33. The van der Waals surface area contributed by atoms with Crippen molar-refractivity contribution in [2.24, 2.45) is 0 Å². The average molecular weight is 327 g/mol. The third kappa shape index (κ3) is 3.29. The van der Waals surface area contributed by atoms with Gasteiger partial charge in [-0.2, -0.15) is 16.3 Å². The lowest BCUT2D eigenvalue weighted by Gasteiger charge is -2.08. The Labute approximate surface area is 136 Å². The number of rotatable bonds is 4. The van der Waals surface area contributed by atoms with Crippen LogP contribution in [-0.2, 0) is 6.54 Å². The van der Waals surface area contributed by atoms with E-state index < -0.39 is 17.5 Å². The average Bonchev–Trinajstić information content (AvgIpc) is 3.10. The normalized spacial score (nSPS) is 10.4. The van der Waals surface area contributed by atoms with Crippen LogP contribution in [0.1, 0.15) is 16.1 Å². The zero-order valence-corrected chi connectivity index (χ0v) is 12.7. The molecular formula is C16H13N3O3S. The molecule has 0 unspecified atom stereocenters. The molecule has 7 heteroatoms. The van der Waals surface area contributed by atoms with Gasteiger partial charge in [0.25, 0.3) is 11.8 Å². The fraction of sp³-hybridized carbons (Fsp3) is 0.0625. The Morgan fingerprint density at radius 2 is 1.91 bits per heavy atom. The lowest BCUT2D eigenvalue weighted by Crippen LogP contribution is -2.24. The van der Waals surface area contributed by atoms with Gasteiger partial charge in [0.2, 0.25) is 5.75 Å². The van der Waals surface area contributed by atoms with Gasteiger partial charge in [-0.3, -0.25) is 4.79 Å². The molecule has 0 bridgehead atoms. The summed E-state index contributed by atoms with van der Waals surface area (Å²) in [7, 11) is 0. The summed E-state index contributed by atoms with van der Waals surface area (Å²) < 4.78 is 0. The van der Waals surface area contributed by atoms with Crippen LogP contribution in [0.5, 0.6) is 11.6 Å². The maximum absolute atomic E-state index is 12.2. The molecule has 0 saturated carbocycles. The van der Waals surface area contributed by atoms with Crippen molar-refractivity contribution in [3.63, 3.8) is 0 Å². The molecule has 0 fully saturated rings. The third-order valence-electron chi connectivity index (χ3n) is 3.16. The predicted octanol–water partition coefficient (Wildman–Crippen LogP) is 2.55. The van der Waals surface area contributed by atoms with E-state index in [0.717, 1.165) is 5.56 Å². The molecule has 3 rings (SSSR count). The van der Waals surface area contributed by atoms with Crippen molar-refractivity contribution in [2.75, 3.05) is 0 Å². The van der Waals surface area contributed by atoms with E-state index in [2.05, 4.69) is 15.3 Å². The van der Waals surface area contributed by atoms with Crippen LogP contribution < -0.4 is 5.32 Å². The summed E-state index contributed by atoms with van der Waals surface area (Å²) in [6, 6.07) is 11.1. The van der Waals surface area contributed by atoms with Crippen LogP contribution in [-0.4, -0.2) is 26.1 Å². The lowest BCUT2D eigenvalue weighted by atomic mass is 10.2. The van der Waals surface area contributed by atoms with Crippen LogP contribution in [0.15, 0.2) is 47.2 Å². The van der Waals surface area contributed by atoms with Gasteiger partial charge in [0.05, 0.1) is 0 Å². The van der Waals surface area contributed by atoms with Gasteiger partial charge in [0, 0.05) is 17.5 Å². The molecule has 0 radical (unpaired) electrons. The fourth-order valence-corrected chi connectivity index (χ4v) is 2.62. The predicted molar refractivity (Wildman–Crippen MR) is 86.3 cm³/mol. The highest BCUT2D eigenvalue weighted by Gasteiger charge is 2.20. The standard InChI is InChI=1S/C16H13N3O3S/c20-13-12(15(21)17-8-10-4-2-1-3-5-10)18-14(19-16(13)22)11-6-7-23-9-11/h1-7,9,20H,8H2,(H,17,21)(H,18,19,22). The van der Waals surface area contributed by atoms with Gasteiger partial charge in [0.15, 0.2) is 11.5 Å². The Bertz CT molecular complexity index is 820. The molecule has 1 amide bonds. The number of carbonyl (C=O) groups is 1. The quantitative estimate of drug-likeness (QED) is 0.684. The maximum atomic E-state index is 12.2. The number of carbonyl (C=O) groups excluding carboxylic acids is 1. The molecular weight excluding hydrogens is 314 g/mol. The van der Waals surface area contributed by atoms with Crippen molar-refractivity contribution in [1.29, 1.82) is 0 Å². The maximum Gasteiger partial charge on any atom is 0.274 e. The number of thiophene rings is 1. The van der Waals surface area contributed by atoms with Crippen molar-refractivity contribution < 1.29 is 15.0 Å². The summed E-state index contributed by atoms with van der Waals surface area (Å²) in [6.45, 7) is 0.289. The van der Waals surface area contributed by atoms with Crippen molar-refractivity contribution in [2.45, 2.75) is 6.54 Å². The van der Waals surface area contributed by atoms with Gasteiger partial charge in [-0.15, -0.1) is 0 Å². The Morgan fingerprint density at radius 3 is 2.61 bits per heavy atom. The van der Waals surface area contributed by atoms with Gasteiger partial charge >= 0.3 is 0 Å². The molecule has 0 atom stereocenters.